The second kappa shape index (κ2) is 6.16. The molecule has 1 saturated heterocycles. The molecule has 1 aliphatic heterocycles. The first kappa shape index (κ1) is 13.9. The van der Waals surface area contributed by atoms with Crippen LogP contribution in [-0.2, 0) is 13.6 Å². The molecule has 4 nitrogen and oxygen atoms in total. The maximum atomic E-state index is 5.98. The first-order chi connectivity index (χ1) is 9.74. The lowest BCUT2D eigenvalue weighted by Gasteiger charge is -2.35. The van der Waals surface area contributed by atoms with Crippen molar-refractivity contribution in [2.45, 2.75) is 12.6 Å². The van der Waals surface area contributed by atoms with Gasteiger partial charge in [0.2, 0.25) is 0 Å². The minimum absolute atomic E-state index is 0.431. The molecule has 0 N–H and O–H groups in total. The molecular weight excluding hydrogens is 292 g/mol. The summed E-state index contributed by atoms with van der Waals surface area (Å²) in [6, 6.07) is 8.64. The monoisotopic (exact) mass is 308 g/mol. The Balaban J connectivity index is 1.80. The molecule has 1 aromatic carbocycles. The van der Waals surface area contributed by atoms with Gasteiger partial charge in [0.15, 0.2) is 0 Å². The van der Waals surface area contributed by atoms with Crippen molar-refractivity contribution in [2.75, 3.05) is 18.1 Å². The van der Waals surface area contributed by atoms with Crippen molar-refractivity contribution in [1.29, 1.82) is 0 Å². The summed E-state index contributed by atoms with van der Waals surface area (Å²) in [6.45, 7) is 1.97. The molecule has 6 heteroatoms. The zero-order valence-electron chi connectivity index (χ0n) is 11.4. The lowest BCUT2D eigenvalue weighted by molar-refractivity contribution is 0.206. The Labute approximate surface area is 128 Å². The van der Waals surface area contributed by atoms with Crippen LogP contribution in [0, 0.1) is 0 Å². The van der Waals surface area contributed by atoms with Gasteiger partial charge in [0.05, 0.1) is 11.9 Å². The number of hydrogen-bond donors (Lipinski definition) is 0. The zero-order valence-corrected chi connectivity index (χ0v) is 12.9. The van der Waals surface area contributed by atoms with Crippen LogP contribution in [0.2, 0.25) is 5.02 Å². The summed E-state index contributed by atoms with van der Waals surface area (Å²) in [5, 5.41) is 8.76. The van der Waals surface area contributed by atoms with E-state index in [1.54, 1.807) is 0 Å². The number of nitrogens with zero attached hydrogens (tertiary/aromatic N) is 4. The highest BCUT2D eigenvalue weighted by atomic mass is 35.5. The summed E-state index contributed by atoms with van der Waals surface area (Å²) >= 11 is 7.99. The molecule has 1 unspecified atom stereocenters. The van der Waals surface area contributed by atoms with Crippen molar-refractivity contribution >= 4 is 23.4 Å². The summed E-state index contributed by atoms with van der Waals surface area (Å²) < 4.78 is 1.85. The Morgan fingerprint density at radius 1 is 1.35 bits per heavy atom. The number of benzene rings is 1. The van der Waals surface area contributed by atoms with Crippen molar-refractivity contribution in [2.24, 2.45) is 7.05 Å². The second-order valence-corrected chi connectivity index (χ2v) is 6.55. The normalized spacial score (nSPS) is 20.2. The highest BCUT2D eigenvalue weighted by Crippen LogP contribution is 2.31. The first-order valence-corrected chi connectivity index (χ1v) is 8.18. The van der Waals surface area contributed by atoms with Crippen LogP contribution in [-0.4, -0.2) is 37.9 Å². The second-order valence-electron chi connectivity index (χ2n) is 4.96. The van der Waals surface area contributed by atoms with E-state index in [0.29, 0.717) is 6.04 Å². The van der Waals surface area contributed by atoms with E-state index in [9.17, 15) is 0 Å². The lowest BCUT2D eigenvalue weighted by Crippen LogP contribution is -2.36. The molecule has 0 aliphatic carbocycles. The average Bonchev–Trinajstić information content (AvgIpc) is 2.86. The van der Waals surface area contributed by atoms with E-state index in [2.05, 4.69) is 27.3 Å². The number of aryl methyl sites for hydroxylation is 1. The van der Waals surface area contributed by atoms with E-state index >= 15 is 0 Å². The summed E-state index contributed by atoms with van der Waals surface area (Å²) in [4.78, 5) is 2.50. The molecule has 1 aromatic heterocycles. The number of halogens is 1. The molecule has 2 aromatic rings. The first-order valence-electron chi connectivity index (χ1n) is 6.65. The maximum Gasteiger partial charge on any atom is 0.0738 e. The Bertz CT molecular complexity index is 569. The van der Waals surface area contributed by atoms with Crippen molar-refractivity contribution < 1.29 is 0 Å². The Hall–Kier alpha value is -1.04. The Kier molecular flexibility index (Phi) is 4.29. The molecule has 1 atom stereocenters. The largest absolute Gasteiger partial charge is 0.289 e. The molecule has 1 fully saturated rings. The lowest BCUT2D eigenvalue weighted by atomic mass is 10.1. The van der Waals surface area contributed by atoms with Crippen LogP contribution in [0.3, 0.4) is 0 Å². The van der Waals surface area contributed by atoms with Crippen LogP contribution in [0.15, 0.2) is 30.5 Å². The van der Waals surface area contributed by atoms with E-state index in [1.165, 1.54) is 11.3 Å². The molecule has 0 amide bonds. The van der Waals surface area contributed by atoms with E-state index in [0.717, 1.165) is 29.6 Å². The topological polar surface area (TPSA) is 34.0 Å². The molecule has 0 radical (unpaired) electrons. The number of rotatable bonds is 3. The van der Waals surface area contributed by atoms with Gasteiger partial charge in [-0.3, -0.25) is 9.58 Å². The molecule has 0 spiro atoms. The van der Waals surface area contributed by atoms with Gasteiger partial charge in [-0.15, -0.1) is 5.10 Å². The third-order valence-corrected chi connectivity index (χ3v) is 4.94. The number of hydrogen-bond acceptors (Lipinski definition) is 4. The number of thioether (sulfide) groups is 1. The molecule has 1 aliphatic rings. The van der Waals surface area contributed by atoms with Crippen LogP contribution in [0.1, 0.15) is 17.3 Å². The fourth-order valence-corrected chi connectivity index (χ4v) is 3.76. The Morgan fingerprint density at radius 2 is 2.15 bits per heavy atom. The van der Waals surface area contributed by atoms with Gasteiger partial charge in [-0.1, -0.05) is 28.9 Å². The van der Waals surface area contributed by atoms with Gasteiger partial charge in [-0.2, -0.15) is 11.8 Å². The fourth-order valence-electron chi connectivity index (χ4n) is 2.48. The molecule has 0 saturated carbocycles. The molecular formula is C14H17ClN4S. The zero-order chi connectivity index (χ0) is 13.9. The number of aromatic nitrogens is 3. The van der Waals surface area contributed by atoms with E-state index in [4.69, 9.17) is 11.6 Å². The highest BCUT2D eigenvalue weighted by Gasteiger charge is 2.25. The predicted octanol–water partition coefficient (Wildman–Crippen LogP) is 2.76. The van der Waals surface area contributed by atoms with Gasteiger partial charge in [0.1, 0.15) is 0 Å². The van der Waals surface area contributed by atoms with E-state index in [-0.39, 0.29) is 0 Å². The SMILES string of the molecule is Cn1nncc1CN1CCSCC1c1ccc(Cl)cc1. The summed E-state index contributed by atoms with van der Waals surface area (Å²) in [7, 11) is 1.94. The molecule has 20 heavy (non-hydrogen) atoms. The van der Waals surface area contributed by atoms with Gasteiger partial charge < -0.3 is 0 Å². The molecule has 106 valence electrons. The summed E-state index contributed by atoms with van der Waals surface area (Å²) in [5.41, 5.74) is 2.48. The van der Waals surface area contributed by atoms with E-state index < -0.39 is 0 Å². The van der Waals surface area contributed by atoms with Gasteiger partial charge in [0, 0.05) is 42.7 Å². The third-order valence-electron chi connectivity index (χ3n) is 3.67. The fraction of sp³-hybridized carbons (Fsp3) is 0.429. The van der Waals surface area contributed by atoms with Crippen LogP contribution in [0.5, 0.6) is 0 Å². The predicted molar refractivity (Wildman–Crippen MR) is 82.9 cm³/mol. The van der Waals surface area contributed by atoms with Crippen LogP contribution >= 0.6 is 23.4 Å². The summed E-state index contributed by atoms with van der Waals surface area (Å²) in [6.07, 6.45) is 1.85. The van der Waals surface area contributed by atoms with Crippen molar-refractivity contribution in [3.05, 3.63) is 46.7 Å². The third kappa shape index (κ3) is 3.00. The van der Waals surface area contributed by atoms with Crippen LogP contribution in [0.4, 0.5) is 0 Å². The quantitative estimate of drug-likeness (QED) is 0.873. The maximum absolute atomic E-state index is 5.98. The van der Waals surface area contributed by atoms with Gasteiger partial charge in [-0.05, 0) is 17.7 Å². The van der Waals surface area contributed by atoms with Gasteiger partial charge in [0.25, 0.3) is 0 Å². The highest BCUT2D eigenvalue weighted by molar-refractivity contribution is 7.99. The minimum Gasteiger partial charge on any atom is -0.289 e. The molecule has 0 bridgehead atoms. The van der Waals surface area contributed by atoms with E-state index in [1.807, 2.05) is 41.8 Å². The Morgan fingerprint density at radius 3 is 2.85 bits per heavy atom. The van der Waals surface area contributed by atoms with Gasteiger partial charge >= 0.3 is 0 Å². The van der Waals surface area contributed by atoms with Crippen LogP contribution < -0.4 is 0 Å². The van der Waals surface area contributed by atoms with Gasteiger partial charge in [-0.25, -0.2) is 0 Å². The van der Waals surface area contributed by atoms with Crippen LogP contribution in [0.25, 0.3) is 0 Å². The van der Waals surface area contributed by atoms with Crippen molar-refractivity contribution in [3.63, 3.8) is 0 Å². The van der Waals surface area contributed by atoms with Crippen molar-refractivity contribution in [1.82, 2.24) is 19.9 Å². The molecule has 2 heterocycles. The summed E-state index contributed by atoms with van der Waals surface area (Å²) in [5.74, 6) is 2.29. The van der Waals surface area contributed by atoms with Crippen molar-refractivity contribution in [3.8, 4) is 0 Å². The average molecular weight is 309 g/mol. The standard InChI is InChI=1S/C14H17ClN4S/c1-18-13(8-16-17-18)9-19-6-7-20-10-14(19)11-2-4-12(15)5-3-11/h2-5,8,14H,6-7,9-10H2,1H3. The minimum atomic E-state index is 0.431. The molecule has 3 rings (SSSR count). The smallest absolute Gasteiger partial charge is 0.0738 e.